The maximum atomic E-state index is 15.1. The van der Waals surface area contributed by atoms with Crippen LogP contribution in [0.15, 0.2) is 47.6 Å². The number of thioether (sulfide) groups is 1. The Bertz CT molecular complexity index is 1250. The number of nitrogens with zero attached hydrogens (tertiary/aromatic N) is 4. The zero-order valence-corrected chi connectivity index (χ0v) is 18.4. The molecule has 0 atom stereocenters. The number of hydrogen-bond donors (Lipinski definition) is 1. The standard InChI is InChI=1S/C23H22FN5O2S/c1-2-27-7-9-28(10-8-27)19-6-4-16(13-17(19)24)29-14-25-18-5-3-15(11-20(18)29)12-21-22(30)26-23(31)32-21/h3-6,11-14H,2,7-10H2,1H3,(H,26,30,31). The third kappa shape index (κ3) is 3.89. The van der Waals surface area contributed by atoms with Crippen LogP contribution in [0.25, 0.3) is 22.8 Å². The van der Waals surface area contributed by atoms with Crippen LogP contribution in [-0.2, 0) is 4.79 Å². The lowest BCUT2D eigenvalue weighted by molar-refractivity contribution is -0.115. The highest BCUT2D eigenvalue weighted by atomic mass is 32.2. The van der Waals surface area contributed by atoms with E-state index in [0.29, 0.717) is 16.3 Å². The number of halogens is 1. The number of benzene rings is 2. The Morgan fingerprint density at radius 3 is 2.62 bits per heavy atom. The monoisotopic (exact) mass is 451 g/mol. The Morgan fingerprint density at radius 1 is 1.12 bits per heavy atom. The van der Waals surface area contributed by atoms with Gasteiger partial charge in [-0.15, -0.1) is 0 Å². The molecule has 2 amide bonds. The summed E-state index contributed by atoms with van der Waals surface area (Å²) in [6.45, 7) is 6.65. The minimum atomic E-state index is -0.397. The molecule has 0 saturated carbocycles. The van der Waals surface area contributed by atoms with E-state index < -0.39 is 5.91 Å². The normalized spacial score (nSPS) is 18.7. The average molecular weight is 452 g/mol. The molecule has 1 N–H and O–H groups in total. The Labute approximate surface area is 188 Å². The first-order valence-electron chi connectivity index (χ1n) is 10.5. The first-order chi connectivity index (χ1) is 15.5. The smallest absolute Gasteiger partial charge is 0.290 e. The van der Waals surface area contributed by atoms with Gasteiger partial charge in [-0.2, -0.15) is 0 Å². The molecule has 7 nitrogen and oxygen atoms in total. The number of hydrogen-bond acceptors (Lipinski definition) is 6. The number of amides is 2. The molecule has 0 spiro atoms. The second-order valence-corrected chi connectivity index (χ2v) is 8.79. The second kappa shape index (κ2) is 8.40. The number of aromatic nitrogens is 2. The molecule has 2 aliphatic heterocycles. The summed E-state index contributed by atoms with van der Waals surface area (Å²) in [6, 6.07) is 10.8. The number of nitrogens with one attached hydrogen (secondary N) is 1. The number of rotatable bonds is 4. The Morgan fingerprint density at radius 2 is 1.94 bits per heavy atom. The van der Waals surface area contributed by atoms with Crippen LogP contribution in [0.2, 0.25) is 0 Å². The number of carbonyl (C=O) groups is 2. The molecular formula is C23H22FN5O2S. The number of imide groups is 1. The third-order valence-corrected chi connectivity index (χ3v) is 6.69. The summed E-state index contributed by atoms with van der Waals surface area (Å²) in [5.41, 5.74) is 3.60. The van der Waals surface area contributed by atoms with Crippen LogP contribution >= 0.6 is 11.8 Å². The van der Waals surface area contributed by atoms with Gasteiger partial charge in [-0.05, 0) is 54.2 Å². The van der Waals surface area contributed by atoms with Crippen molar-refractivity contribution in [3.8, 4) is 5.69 Å². The van der Waals surface area contributed by atoms with E-state index in [2.05, 4.69) is 27.0 Å². The highest BCUT2D eigenvalue weighted by molar-refractivity contribution is 8.18. The van der Waals surface area contributed by atoms with Crippen LogP contribution in [0.1, 0.15) is 12.5 Å². The molecule has 0 aliphatic carbocycles. The van der Waals surface area contributed by atoms with Crippen molar-refractivity contribution in [2.45, 2.75) is 6.92 Å². The van der Waals surface area contributed by atoms with E-state index in [4.69, 9.17) is 0 Å². The molecule has 2 fully saturated rings. The molecule has 2 aromatic carbocycles. The fourth-order valence-corrected chi connectivity index (χ4v) is 4.78. The van der Waals surface area contributed by atoms with Gasteiger partial charge in [-0.1, -0.05) is 13.0 Å². The maximum Gasteiger partial charge on any atom is 0.290 e. The van der Waals surface area contributed by atoms with Gasteiger partial charge in [0.25, 0.3) is 11.1 Å². The Kier molecular flexibility index (Phi) is 5.44. The summed E-state index contributed by atoms with van der Waals surface area (Å²) in [4.78, 5) is 32.5. The van der Waals surface area contributed by atoms with E-state index in [1.807, 2.05) is 34.9 Å². The predicted molar refractivity (Wildman–Crippen MR) is 124 cm³/mol. The van der Waals surface area contributed by atoms with E-state index in [1.54, 1.807) is 12.4 Å². The summed E-state index contributed by atoms with van der Waals surface area (Å²) < 4.78 is 16.9. The van der Waals surface area contributed by atoms with Gasteiger partial charge in [0.2, 0.25) is 0 Å². The lowest BCUT2D eigenvalue weighted by atomic mass is 10.1. The maximum absolute atomic E-state index is 15.1. The number of likely N-dealkylation sites (N-methyl/N-ethyl adjacent to an activating group) is 1. The molecule has 2 saturated heterocycles. The lowest BCUT2D eigenvalue weighted by Gasteiger charge is -2.35. The number of piperazine rings is 1. The topological polar surface area (TPSA) is 70.5 Å². The van der Waals surface area contributed by atoms with Gasteiger partial charge < -0.3 is 9.80 Å². The number of carbonyl (C=O) groups excluding carboxylic acids is 2. The molecule has 9 heteroatoms. The molecule has 3 heterocycles. The fourth-order valence-electron chi connectivity index (χ4n) is 4.10. The molecular weight excluding hydrogens is 429 g/mol. The summed E-state index contributed by atoms with van der Waals surface area (Å²) in [6.07, 6.45) is 3.33. The van der Waals surface area contributed by atoms with Gasteiger partial charge in [0.15, 0.2) is 0 Å². The predicted octanol–water partition coefficient (Wildman–Crippen LogP) is 3.63. The number of imidazole rings is 1. The van der Waals surface area contributed by atoms with Gasteiger partial charge in [0.05, 0.1) is 27.3 Å². The van der Waals surface area contributed by atoms with Gasteiger partial charge in [0.1, 0.15) is 12.1 Å². The Hall–Kier alpha value is -3.17. The van der Waals surface area contributed by atoms with Crippen molar-refractivity contribution in [3.05, 3.63) is 59.0 Å². The molecule has 0 unspecified atom stereocenters. The molecule has 32 heavy (non-hydrogen) atoms. The minimum absolute atomic E-state index is 0.259. The number of fused-ring (bicyclic) bond motifs is 1. The van der Waals surface area contributed by atoms with Crippen LogP contribution < -0.4 is 10.2 Å². The van der Waals surface area contributed by atoms with Crippen LogP contribution in [0.5, 0.6) is 0 Å². The van der Waals surface area contributed by atoms with E-state index in [-0.39, 0.29) is 11.1 Å². The summed E-state index contributed by atoms with van der Waals surface area (Å²) in [7, 11) is 0. The van der Waals surface area contributed by atoms with Crippen molar-refractivity contribution < 1.29 is 14.0 Å². The van der Waals surface area contributed by atoms with Crippen LogP contribution in [0, 0.1) is 5.82 Å². The minimum Gasteiger partial charge on any atom is -0.367 e. The molecule has 5 rings (SSSR count). The quantitative estimate of drug-likeness (QED) is 0.611. The first-order valence-corrected chi connectivity index (χ1v) is 11.3. The summed E-state index contributed by atoms with van der Waals surface area (Å²) in [5, 5.41) is 1.88. The van der Waals surface area contributed by atoms with Gasteiger partial charge in [-0.25, -0.2) is 9.37 Å². The average Bonchev–Trinajstić information content (AvgIpc) is 3.35. The van der Waals surface area contributed by atoms with Crippen molar-refractivity contribution in [2.75, 3.05) is 37.6 Å². The largest absolute Gasteiger partial charge is 0.367 e. The zero-order valence-electron chi connectivity index (χ0n) is 17.5. The van der Waals surface area contributed by atoms with Crippen LogP contribution in [0.3, 0.4) is 0 Å². The zero-order chi connectivity index (χ0) is 22.2. The molecule has 0 bridgehead atoms. The second-order valence-electron chi connectivity index (χ2n) is 7.77. The van der Waals surface area contributed by atoms with Crippen LogP contribution in [0.4, 0.5) is 14.9 Å². The van der Waals surface area contributed by atoms with E-state index in [9.17, 15) is 9.59 Å². The molecule has 2 aliphatic rings. The molecule has 164 valence electrons. The van der Waals surface area contributed by atoms with E-state index in [1.165, 1.54) is 6.07 Å². The van der Waals surface area contributed by atoms with Crippen molar-refractivity contribution in [2.24, 2.45) is 0 Å². The first kappa shape index (κ1) is 20.7. The van der Waals surface area contributed by atoms with E-state index in [0.717, 1.165) is 61.1 Å². The van der Waals surface area contributed by atoms with Crippen molar-refractivity contribution in [3.63, 3.8) is 0 Å². The highest BCUT2D eigenvalue weighted by Gasteiger charge is 2.25. The molecule has 3 aromatic rings. The SMILES string of the molecule is CCN1CCN(c2ccc(-n3cnc4ccc(C=C5SC(=O)NC5=O)cc43)cc2F)CC1. The fraction of sp³-hybridized carbons (Fsp3) is 0.261. The van der Waals surface area contributed by atoms with Crippen molar-refractivity contribution in [1.29, 1.82) is 0 Å². The van der Waals surface area contributed by atoms with Gasteiger partial charge in [-0.3, -0.25) is 19.5 Å². The van der Waals surface area contributed by atoms with Crippen molar-refractivity contribution >= 4 is 45.7 Å². The summed E-state index contributed by atoms with van der Waals surface area (Å²) >= 11 is 0.877. The van der Waals surface area contributed by atoms with Crippen molar-refractivity contribution in [1.82, 2.24) is 19.8 Å². The third-order valence-electron chi connectivity index (χ3n) is 5.88. The highest BCUT2D eigenvalue weighted by Crippen LogP contribution is 2.29. The number of anilines is 1. The van der Waals surface area contributed by atoms with Crippen LogP contribution in [-0.4, -0.2) is 58.3 Å². The Balaban J connectivity index is 1.44. The lowest BCUT2D eigenvalue weighted by Crippen LogP contribution is -2.46. The molecule has 0 radical (unpaired) electrons. The van der Waals surface area contributed by atoms with Gasteiger partial charge in [0, 0.05) is 32.2 Å². The van der Waals surface area contributed by atoms with E-state index >= 15 is 4.39 Å². The van der Waals surface area contributed by atoms with Gasteiger partial charge >= 0.3 is 0 Å². The molecule has 1 aromatic heterocycles. The summed E-state index contributed by atoms with van der Waals surface area (Å²) in [5.74, 6) is -0.656.